The van der Waals surface area contributed by atoms with E-state index in [4.69, 9.17) is 4.74 Å². The first-order chi connectivity index (χ1) is 12.8. The highest BCUT2D eigenvalue weighted by atomic mass is 19.1. The van der Waals surface area contributed by atoms with Crippen molar-refractivity contribution in [3.63, 3.8) is 0 Å². The van der Waals surface area contributed by atoms with E-state index in [2.05, 4.69) is 44.5 Å². The molecule has 1 aromatic carbocycles. The van der Waals surface area contributed by atoms with Crippen LogP contribution in [0.3, 0.4) is 0 Å². The molecule has 6 heteroatoms. The number of benzene rings is 1. The highest BCUT2D eigenvalue weighted by Crippen LogP contribution is 2.26. The van der Waals surface area contributed by atoms with E-state index >= 15 is 0 Å². The molecule has 4 rings (SSSR count). The Bertz CT molecular complexity index is 770. The summed E-state index contributed by atoms with van der Waals surface area (Å²) in [4.78, 5) is 10.2. The number of ether oxygens (including phenoxy) is 1. The number of aromatic nitrogens is 2. The van der Waals surface area contributed by atoms with Crippen molar-refractivity contribution < 1.29 is 9.13 Å². The summed E-state index contributed by atoms with van der Waals surface area (Å²) in [7, 11) is 0. The van der Waals surface area contributed by atoms with Crippen LogP contribution in [-0.4, -0.2) is 42.3 Å². The summed E-state index contributed by atoms with van der Waals surface area (Å²) in [6, 6.07) is 8.39. The average molecular weight is 354 g/mol. The molecule has 1 N–H and O–H groups in total. The van der Waals surface area contributed by atoms with Crippen LogP contribution in [0.25, 0.3) is 5.57 Å². The van der Waals surface area contributed by atoms with Crippen LogP contribution < -0.4 is 15.0 Å². The molecular weight excluding hydrogens is 331 g/mol. The van der Waals surface area contributed by atoms with Gasteiger partial charge in [-0.2, -0.15) is 0 Å². The van der Waals surface area contributed by atoms with Gasteiger partial charge >= 0.3 is 0 Å². The molecule has 5 nitrogen and oxygen atoms in total. The van der Waals surface area contributed by atoms with Gasteiger partial charge in [-0.3, -0.25) is 0 Å². The second-order valence-electron chi connectivity index (χ2n) is 6.72. The summed E-state index contributed by atoms with van der Waals surface area (Å²) >= 11 is 0. The molecule has 1 fully saturated rings. The molecule has 0 spiro atoms. The van der Waals surface area contributed by atoms with Crippen molar-refractivity contribution in [3.8, 4) is 5.75 Å². The van der Waals surface area contributed by atoms with Gasteiger partial charge in [0.1, 0.15) is 11.9 Å². The van der Waals surface area contributed by atoms with E-state index in [0.717, 1.165) is 51.2 Å². The van der Waals surface area contributed by atoms with Crippen LogP contribution in [0.15, 0.2) is 42.7 Å². The molecule has 0 aliphatic carbocycles. The minimum atomic E-state index is -0.407. The fourth-order valence-electron chi connectivity index (χ4n) is 3.49. The summed E-state index contributed by atoms with van der Waals surface area (Å²) in [6.07, 6.45) is 7.72. The Morgan fingerprint density at radius 1 is 1.15 bits per heavy atom. The maximum absolute atomic E-state index is 13.0. The molecule has 0 radical (unpaired) electrons. The third kappa shape index (κ3) is 4.02. The SMILES string of the molecule is Fc1cnc(N2CCC(Oc3cccc(C4=CCNCC4)c3)CC2)nc1. The average Bonchev–Trinajstić information content (AvgIpc) is 2.70. The van der Waals surface area contributed by atoms with Crippen molar-refractivity contribution in [1.82, 2.24) is 15.3 Å². The third-order valence-corrected chi connectivity index (χ3v) is 4.90. The maximum Gasteiger partial charge on any atom is 0.225 e. The van der Waals surface area contributed by atoms with Gasteiger partial charge < -0.3 is 15.0 Å². The van der Waals surface area contributed by atoms with Gasteiger partial charge in [0.15, 0.2) is 5.82 Å². The summed E-state index contributed by atoms with van der Waals surface area (Å²) in [5, 5.41) is 3.34. The van der Waals surface area contributed by atoms with E-state index in [-0.39, 0.29) is 6.10 Å². The Labute approximate surface area is 152 Å². The number of hydrogen-bond donors (Lipinski definition) is 1. The Morgan fingerprint density at radius 2 is 1.96 bits per heavy atom. The summed E-state index contributed by atoms with van der Waals surface area (Å²) in [5.74, 6) is 1.11. The topological polar surface area (TPSA) is 50.3 Å². The van der Waals surface area contributed by atoms with E-state index in [1.165, 1.54) is 23.5 Å². The number of hydrogen-bond acceptors (Lipinski definition) is 5. The predicted octanol–water partition coefficient (Wildman–Crippen LogP) is 3.04. The largest absolute Gasteiger partial charge is 0.490 e. The maximum atomic E-state index is 13.0. The zero-order valence-electron chi connectivity index (χ0n) is 14.7. The number of nitrogens with zero attached hydrogens (tertiary/aromatic N) is 3. The monoisotopic (exact) mass is 354 g/mol. The van der Waals surface area contributed by atoms with Gasteiger partial charge in [-0.15, -0.1) is 0 Å². The highest BCUT2D eigenvalue weighted by molar-refractivity contribution is 5.67. The lowest BCUT2D eigenvalue weighted by Gasteiger charge is -2.32. The molecule has 0 amide bonds. The first kappa shape index (κ1) is 17.0. The van der Waals surface area contributed by atoms with Gasteiger partial charge in [0.2, 0.25) is 5.95 Å². The van der Waals surface area contributed by atoms with Crippen molar-refractivity contribution in [1.29, 1.82) is 0 Å². The smallest absolute Gasteiger partial charge is 0.225 e. The Morgan fingerprint density at radius 3 is 2.69 bits per heavy atom. The highest BCUT2D eigenvalue weighted by Gasteiger charge is 2.22. The van der Waals surface area contributed by atoms with E-state index in [9.17, 15) is 4.39 Å². The molecule has 0 bridgehead atoms. The molecular formula is C20H23FN4O. The fourth-order valence-corrected chi connectivity index (χ4v) is 3.49. The molecule has 2 aliphatic rings. The standard InChI is InChI=1S/C20H23FN4O/c21-17-13-23-20(24-14-17)25-10-6-18(7-11-25)26-19-3-1-2-16(12-19)15-4-8-22-9-5-15/h1-4,12-14,18,22H,5-11H2. The van der Waals surface area contributed by atoms with Gasteiger partial charge in [0.25, 0.3) is 0 Å². The number of nitrogens with one attached hydrogen (secondary N) is 1. The second-order valence-corrected chi connectivity index (χ2v) is 6.72. The van der Waals surface area contributed by atoms with Gasteiger partial charge in [0.05, 0.1) is 12.4 Å². The zero-order valence-corrected chi connectivity index (χ0v) is 14.7. The minimum absolute atomic E-state index is 0.184. The van der Waals surface area contributed by atoms with Gasteiger partial charge in [0, 0.05) is 32.5 Å². The first-order valence-electron chi connectivity index (χ1n) is 9.17. The fraction of sp³-hybridized carbons (Fsp3) is 0.400. The zero-order chi connectivity index (χ0) is 17.8. The molecule has 1 saturated heterocycles. The van der Waals surface area contributed by atoms with E-state index in [1.807, 2.05) is 6.07 Å². The molecule has 26 heavy (non-hydrogen) atoms. The molecule has 0 atom stereocenters. The first-order valence-corrected chi connectivity index (χ1v) is 9.17. The lowest BCUT2D eigenvalue weighted by atomic mass is 10.00. The molecule has 0 saturated carbocycles. The number of anilines is 1. The Kier molecular flexibility index (Phi) is 5.11. The minimum Gasteiger partial charge on any atom is -0.490 e. The Balaban J connectivity index is 1.35. The molecule has 3 heterocycles. The van der Waals surface area contributed by atoms with E-state index < -0.39 is 5.82 Å². The van der Waals surface area contributed by atoms with Crippen molar-refractivity contribution in [3.05, 3.63) is 54.1 Å². The second kappa shape index (κ2) is 7.83. The summed E-state index contributed by atoms with van der Waals surface area (Å²) in [5.41, 5.74) is 2.64. The molecule has 1 aromatic heterocycles. The van der Waals surface area contributed by atoms with Crippen LogP contribution in [0.4, 0.5) is 10.3 Å². The molecule has 0 unspecified atom stereocenters. The normalized spacial score (nSPS) is 18.5. The van der Waals surface area contributed by atoms with Crippen molar-refractivity contribution in [2.45, 2.75) is 25.4 Å². The molecule has 2 aromatic rings. The van der Waals surface area contributed by atoms with Crippen LogP contribution in [0.5, 0.6) is 5.75 Å². The lowest BCUT2D eigenvalue weighted by Crippen LogP contribution is -2.39. The van der Waals surface area contributed by atoms with Crippen LogP contribution >= 0.6 is 0 Å². The van der Waals surface area contributed by atoms with Gasteiger partial charge in [-0.1, -0.05) is 18.2 Å². The van der Waals surface area contributed by atoms with Crippen LogP contribution in [0, 0.1) is 5.82 Å². The lowest BCUT2D eigenvalue weighted by molar-refractivity contribution is 0.170. The summed E-state index contributed by atoms with van der Waals surface area (Å²) < 4.78 is 19.2. The van der Waals surface area contributed by atoms with Crippen molar-refractivity contribution in [2.75, 3.05) is 31.1 Å². The van der Waals surface area contributed by atoms with Crippen LogP contribution in [0.1, 0.15) is 24.8 Å². The number of rotatable bonds is 4. The summed E-state index contributed by atoms with van der Waals surface area (Å²) in [6.45, 7) is 3.59. The number of halogens is 1. The van der Waals surface area contributed by atoms with Crippen LogP contribution in [0.2, 0.25) is 0 Å². The predicted molar refractivity (Wildman–Crippen MR) is 99.8 cm³/mol. The van der Waals surface area contributed by atoms with Gasteiger partial charge in [-0.25, -0.2) is 14.4 Å². The van der Waals surface area contributed by atoms with Crippen molar-refractivity contribution in [2.24, 2.45) is 0 Å². The van der Waals surface area contributed by atoms with Crippen molar-refractivity contribution >= 4 is 11.5 Å². The third-order valence-electron chi connectivity index (χ3n) is 4.90. The molecule has 2 aliphatic heterocycles. The molecule has 136 valence electrons. The van der Waals surface area contributed by atoms with E-state index in [0.29, 0.717) is 5.95 Å². The van der Waals surface area contributed by atoms with Gasteiger partial charge in [-0.05, 0) is 36.2 Å². The van der Waals surface area contributed by atoms with Crippen LogP contribution in [-0.2, 0) is 0 Å². The Hall–Kier alpha value is -2.47. The van der Waals surface area contributed by atoms with E-state index in [1.54, 1.807) is 0 Å². The number of piperidine rings is 1. The quantitative estimate of drug-likeness (QED) is 0.915.